The zero-order chi connectivity index (χ0) is 17.1. The van der Waals surface area contributed by atoms with Gasteiger partial charge in [0.2, 0.25) is 0 Å². The predicted octanol–water partition coefficient (Wildman–Crippen LogP) is 3.73. The van der Waals surface area contributed by atoms with Gasteiger partial charge in [0.05, 0.1) is 6.20 Å². The van der Waals surface area contributed by atoms with Crippen LogP contribution in [-0.2, 0) is 0 Å². The van der Waals surface area contributed by atoms with Crippen molar-refractivity contribution in [3.63, 3.8) is 0 Å². The molecular weight excluding hydrogens is 314 g/mol. The first-order valence-corrected chi connectivity index (χ1v) is 8.76. The summed E-state index contributed by atoms with van der Waals surface area (Å²) in [4.78, 5) is 16.7. The minimum absolute atomic E-state index is 0.207. The van der Waals surface area contributed by atoms with E-state index in [2.05, 4.69) is 20.7 Å². The van der Waals surface area contributed by atoms with Gasteiger partial charge in [-0.15, -0.1) is 0 Å². The summed E-state index contributed by atoms with van der Waals surface area (Å²) in [7, 11) is 0. The van der Waals surface area contributed by atoms with Crippen molar-refractivity contribution in [2.24, 2.45) is 0 Å². The molecule has 1 aliphatic rings. The van der Waals surface area contributed by atoms with Gasteiger partial charge in [0.25, 0.3) is 5.91 Å². The van der Waals surface area contributed by atoms with E-state index < -0.39 is 0 Å². The number of anilines is 2. The Morgan fingerprint density at radius 2 is 1.84 bits per heavy atom. The van der Waals surface area contributed by atoms with Crippen LogP contribution in [0.1, 0.15) is 42.5 Å². The highest BCUT2D eigenvalue weighted by atomic mass is 16.1. The van der Waals surface area contributed by atoms with Crippen molar-refractivity contribution in [1.82, 2.24) is 14.6 Å². The largest absolute Gasteiger partial charge is 0.382 e. The lowest BCUT2D eigenvalue weighted by atomic mass is 9.95. The molecular formula is C19H21N5O. The van der Waals surface area contributed by atoms with Crippen LogP contribution in [0.4, 0.5) is 11.4 Å². The van der Waals surface area contributed by atoms with Crippen molar-refractivity contribution >= 4 is 22.9 Å². The van der Waals surface area contributed by atoms with Gasteiger partial charge >= 0.3 is 0 Å². The van der Waals surface area contributed by atoms with E-state index >= 15 is 0 Å². The van der Waals surface area contributed by atoms with Crippen LogP contribution in [0.2, 0.25) is 0 Å². The molecule has 2 heterocycles. The van der Waals surface area contributed by atoms with Crippen LogP contribution in [0.15, 0.2) is 48.9 Å². The molecule has 0 spiro atoms. The number of benzene rings is 1. The molecule has 0 saturated heterocycles. The zero-order valence-electron chi connectivity index (χ0n) is 14.0. The Labute approximate surface area is 146 Å². The Bertz CT molecular complexity index is 865. The Morgan fingerprint density at radius 1 is 1.08 bits per heavy atom. The summed E-state index contributed by atoms with van der Waals surface area (Å²) in [6, 6.07) is 10.2. The molecule has 4 rings (SSSR count). The average Bonchev–Trinajstić information content (AvgIpc) is 3.08. The first-order valence-electron chi connectivity index (χ1n) is 8.76. The number of rotatable bonds is 4. The number of carbonyl (C=O) groups excluding carboxylic acids is 1. The molecule has 1 saturated carbocycles. The Hall–Kier alpha value is -2.89. The average molecular weight is 335 g/mol. The fourth-order valence-electron chi connectivity index (χ4n) is 3.32. The second-order valence-electron chi connectivity index (χ2n) is 6.46. The number of fused-ring (bicyclic) bond motifs is 1. The maximum absolute atomic E-state index is 12.5. The fraction of sp³-hybridized carbons (Fsp3) is 0.316. The molecule has 1 amide bonds. The van der Waals surface area contributed by atoms with Crippen molar-refractivity contribution in [2.45, 2.75) is 38.1 Å². The number of amides is 1. The summed E-state index contributed by atoms with van der Waals surface area (Å²) >= 11 is 0. The number of hydrogen-bond donors (Lipinski definition) is 2. The molecule has 3 aromatic rings. The van der Waals surface area contributed by atoms with Gasteiger partial charge in [0, 0.05) is 29.8 Å². The predicted molar refractivity (Wildman–Crippen MR) is 97.9 cm³/mol. The summed E-state index contributed by atoms with van der Waals surface area (Å²) < 4.78 is 1.59. The zero-order valence-corrected chi connectivity index (χ0v) is 14.0. The highest BCUT2D eigenvalue weighted by Crippen LogP contribution is 2.22. The Balaban J connectivity index is 1.43. The highest BCUT2D eigenvalue weighted by molar-refractivity contribution is 6.08. The van der Waals surface area contributed by atoms with Crippen molar-refractivity contribution in [2.75, 3.05) is 10.6 Å². The van der Waals surface area contributed by atoms with Gasteiger partial charge in [-0.2, -0.15) is 5.10 Å². The summed E-state index contributed by atoms with van der Waals surface area (Å²) in [5.74, 6) is -0.207. The van der Waals surface area contributed by atoms with E-state index in [0.717, 1.165) is 11.4 Å². The molecule has 6 nitrogen and oxygen atoms in total. The molecule has 25 heavy (non-hydrogen) atoms. The van der Waals surface area contributed by atoms with Gasteiger partial charge in [-0.05, 0) is 43.2 Å². The molecule has 6 heteroatoms. The number of hydrogen-bond acceptors (Lipinski definition) is 4. The number of aromatic nitrogens is 3. The molecule has 1 fully saturated rings. The molecule has 1 aliphatic carbocycles. The molecule has 1 aromatic carbocycles. The van der Waals surface area contributed by atoms with Crippen molar-refractivity contribution in [3.05, 3.63) is 54.5 Å². The van der Waals surface area contributed by atoms with E-state index in [-0.39, 0.29) is 5.91 Å². The highest BCUT2D eigenvalue weighted by Gasteiger charge is 2.15. The van der Waals surface area contributed by atoms with Gasteiger partial charge in [0.15, 0.2) is 5.65 Å². The second-order valence-corrected chi connectivity index (χ2v) is 6.46. The Morgan fingerprint density at radius 3 is 2.64 bits per heavy atom. The minimum atomic E-state index is -0.207. The first-order chi connectivity index (χ1) is 12.3. The second kappa shape index (κ2) is 6.93. The minimum Gasteiger partial charge on any atom is -0.382 e. The molecule has 0 bridgehead atoms. The maximum atomic E-state index is 12.5. The van der Waals surface area contributed by atoms with Crippen LogP contribution in [0, 0.1) is 0 Å². The first kappa shape index (κ1) is 15.6. The van der Waals surface area contributed by atoms with Crippen molar-refractivity contribution in [1.29, 1.82) is 0 Å². The summed E-state index contributed by atoms with van der Waals surface area (Å²) in [6.07, 6.45) is 11.4. The van der Waals surface area contributed by atoms with Gasteiger partial charge in [0.1, 0.15) is 5.56 Å². The standard InChI is InChI=1S/C19H21N5O/c25-19(17-13-21-24-12-4-11-20-18(17)24)23-16-9-7-15(8-10-16)22-14-5-2-1-3-6-14/h4,7-14,22H,1-3,5-6H2,(H,23,25). The lowest BCUT2D eigenvalue weighted by Gasteiger charge is -2.23. The summed E-state index contributed by atoms with van der Waals surface area (Å²) in [5, 5.41) is 10.6. The molecule has 0 unspecified atom stereocenters. The van der Waals surface area contributed by atoms with E-state index in [9.17, 15) is 4.79 Å². The van der Waals surface area contributed by atoms with E-state index in [4.69, 9.17) is 0 Å². The number of nitrogens with zero attached hydrogens (tertiary/aromatic N) is 3. The van der Waals surface area contributed by atoms with Crippen LogP contribution in [-0.4, -0.2) is 26.5 Å². The smallest absolute Gasteiger partial charge is 0.261 e. The van der Waals surface area contributed by atoms with Crippen molar-refractivity contribution in [3.8, 4) is 0 Å². The molecule has 0 atom stereocenters. The van der Waals surface area contributed by atoms with E-state index in [1.807, 2.05) is 24.3 Å². The number of nitrogens with one attached hydrogen (secondary N) is 2. The number of carbonyl (C=O) groups is 1. The monoisotopic (exact) mass is 335 g/mol. The van der Waals surface area contributed by atoms with Gasteiger partial charge in [-0.3, -0.25) is 4.79 Å². The van der Waals surface area contributed by atoms with Crippen molar-refractivity contribution < 1.29 is 4.79 Å². The molecule has 0 radical (unpaired) electrons. The summed E-state index contributed by atoms with van der Waals surface area (Å²) in [6.45, 7) is 0. The van der Waals surface area contributed by atoms with Gasteiger partial charge < -0.3 is 10.6 Å². The normalized spacial score (nSPS) is 15.2. The van der Waals surface area contributed by atoms with Crippen LogP contribution in [0.5, 0.6) is 0 Å². The third-order valence-corrected chi connectivity index (χ3v) is 4.64. The fourth-order valence-corrected chi connectivity index (χ4v) is 3.32. The lowest BCUT2D eigenvalue weighted by Crippen LogP contribution is -2.22. The SMILES string of the molecule is O=C(Nc1ccc(NC2CCCCC2)cc1)c1cnn2cccnc12. The van der Waals surface area contributed by atoms with Gasteiger partial charge in [-0.25, -0.2) is 9.50 Å². The van der Waals surface area contributed by atoms with Crippen LogP contribution < -0.4 is 10.6 Å². The molecule has 0 aliphatic heterocycles. The maximum Gasteiger partial charge on any atom is 0.261 e. The van der Waals surface area contributed by atoms with Crippen LogP contribution >= 0.6 is 0 Å². The van der Waals surface area contributed by atoms with Gasteiger partial charge in [-0.1, -0.05) is 19.3 Å². The summed E-state index contributed by atoms with van der Waals surface area (Å²) in [5.41, 5.74) is 2.87. The quantitative estimate of drug-likeness (QED) is 0.762. The lowest BCUT2D eigenvalue weighted by molar-refractivity contribution is 0.102. The molecule has 2 aromatic heterocycles. The third kappa shape index (κ3) is 3.47. The topological polar surface area (TPSA) is 71.3 Å². The Kier molecular flexibility index (Phi) is 4.33. The van der Waals surface area contributed by atoms with Crippen LogP contribution in [0.3, 0.4) is 0 Å². The van der Waals surface area contributed by atoms with E-state index in [0.29, 0.717) is 17.3 Å². The van der Waals surface area contributed by atoms with E-state index in [1.165, 1.54) is 38.3 Å². The van der Waals surface area contributed by atoms with Crippen LogP contribution in [0.25, 0.3) is 5.65 Å². The van der Waals surface area contributed by atoms with E-state index in [1.54, 1.807) is 23.0 Å². The molecule has 128 valence electrons. The third-order valence-electron chi connectivity index (χ3n) is 4.64. The molecule has 2 N–H and O–H groups in total.